The molecule has 0 amide bonds. The Balaban J connectivity index is 2.74. The minimum Gasteiger partial charge on any atom is -0.396 e. The van der Waals surface area contributed by atoms with E-state index >= 15 is 0 Å². The van der Waals surface area contributed by atoms with Gasteiger partial charge in [-0.15, -0.1) is 0 Å². The summed E-state index contributed by atoms with van der Waals surface area (Å²) in [4.78, 5) is 0. The summed E-state index contributed by atoms with van der Waals surface area (Å²) in [5.74, 6) is -1.27. The number of nitrogens with two attached hydrogens (primary N) is 1. The van der Waals surface area contributed by atoms with Crippen LogP contribution in [0.25, 0.3) is 0 Å². The molecule has 0 aromatic heterocycles. The molecule has 0 spiro atoms. The van der Waals surface area contributed by atoms with Crippen molar-refractivity contribution in [3.8, 4) is 0 Å². The molecule has 6 heteroatoms. The summed E-state index contributed by atoms with van der Waals surface area (Å²) in [6, 6.07) is -0.0551. The molecule has 4 atom stereocenters. The second-order valence-electron chi connectivity index (χ2n) is 5.91. The van der Waals surface area contributed by atoms with Crippen LogP contribution in [0.4, 0.5) is 13.2 Å². The molecule has 1 aliphatic carbocycles. The number of aliphatic hydroxyl groups excluding tert-OH is 1. The van der Waals surface area contributed by atoms with Gasteiger partial charge < -0.3 is 16.2 Å². The molecule has 0 heterocycles. The topological polar surface area (TPSA) is 58.3 Å². The maximum Gasteiger partial charge on any atom is 0.391 e. The van der Waals surface area contributed by atoms with Crippen LogP contribution in [0.5, 0.6) is 0 Å². The molecule has 4 N–H and O–H groups in total. The van der Waals surface area contributed by atoms with Gasteiger partial charge in [0.1, 0.15) is 0 Å². The predicted octanol–water partition coefficient (Wildman–Crippen LogP) is 2.04. The second-order valence-corrected chi connectivity index (χ2v) is 5.91. The van der Waals surface area contributed by atoms with Gasteiger partial charge in [-0.05, 0) is 32.1 Å². The van der Waals surface area contributed by atoms with Crippen LogP contribution >= 0.6 is 0 Å². The first kappa shape index (κ1) is 16.7. The molecule has 0 radical (unpaired) electrons. The van der Waals surface area contributed by atoms with E-state index in [4.69, 9.17) is 10.8 Å². The van der Waals surface area contributed by atoms with Gasteiger partial charge in [0, 0.05) is 24.7 Å². The Hall–Kier alpha value is -0.330. The van der Waals surface area contributed by atoms with Crippen molar-refractivity contribution in [1.82, 2.24) is 5.32 Å². The van der Waals surface area contributed by atoms with Crippen molar-refractivity contribution in [2.24, 2.45) is 17.6 Å². The Morgan fingerprint density at radius 3 is 2.53 bits per heavy atom. The standard InChI is InChI=1S/C13H25F3N2O/c1-9(7-19)10(2)18-12(8-17)5-3-4-11(6-12)13(14,15)16/h9-11,18-19H,3-8,17H2,1-2H3. The smallest absolute Gasteiger partial charge is 0.391 e. The van der Waals surface area contributed by atoms with Crippen LogP contribution in [0.3, 0.4) is 0 Å². The van der Waals surface area contributed by atoms with Crippen molar-refractivity contribution < 1.29 is 18.3 Å². The van der Waals surface area contributed by atoms with E-state index in [0.29, 0.717) is 12.8 Å². The van der Waals surface area contributed by atoms with Crippen molar-refractivity contribution in [3.63, 3.8) is 0 Å². The molecular formula is C13H25F3N2O. The Morgan fingerprint density at radius 1 is 1.42 bits per heavy atom. The van der Waals surface area contributed by atoms with Crippen LogP contribution in [0.1, 0.15) is 39.5 Å². The van der Waals surface area contributed by atoms with Crippen molar-refractivity contribution in [3.05, 3.63) is 0 Å². The van der Waals surface area contributed by atoms with Gasteiger partial charge in [0.15, 0.2) is 0 Å². The van der Waals surface area contributed by atoms with Crippen LogP contribution in [0.2, 0.25) is 0 Å². The number of rotatable bonds is 5. The summed E-state index contributed by atoms with van der Waals surface area (Å²) in [6.45, 7) is 3.96. The summed E-state index contributed by atoms with van der Waals surface area (Å²) in [5.41, 5.74) is 5.09. The van der Waals surface area contributed by atoms with Gasteiger partial charge in [0.05, 0.1) is 5.92 Å². The normalized spacial score (nSPS) is 32.1. The maximum absolute atomic E-state index is 12.9. The highest BCUT2D eigenvalue weighted by Gasteiger charge is 2.47. The zero-order valence-corrected chi connectivity index (χ0v) is 11.6. The molecule has 0 bridgehead atoms. The van der Waals surface area contributed by atoms with E-state index in [1.807, 2.05) is 13.8 Å². The van der Waals surface area contributed by atoms with Gasteiger partial charge in [0.25, 0.3) is 0 Å². The first-order chi connectivity index (χ1) is 8.74. The number of hydrogen-bond acceptors (Lipinski definition) is 3. The van der Waals surface area contributed by atoms with Gasteiger partial charge in [-0.1, -0.05) is 13.3 Å². The molecule has 0 aromatic rings. The Labute approximate surface area is 112 Å². The molecule has 1 saturated carbocycles. The number of nitrogens with one attached hydrogen (secondary N) is 1. The Morgan fingerprint density at radius 2 is 2.05 bits per heavy atom. The molecule has 3 nitrogen and oxygen atoms in total. The van der Waals surface area contributed by atoms with E-state index in [0.717, 1.165) is 0 Å². The first-order valence-electron chi connectivity index (χ1n) is 6.89. The monoisotopic (exact) mass is 282 g/mol. The fourth-order valence-corrected chi connectivity index (χ4v) is 2.80. The average molecular weight is 282 g/mol. The third kappa shape index (κ3) is 4.33. The lowest BCUT2D eigenvalue weighted by atomic mass is 9.74. The molecule has 114 valence electrons. The van der Waals surface area contributed by atoms with E-state index in [2.05, 4.69) is 5.32 Å². The number of alkyl halides is 3. The minimum absolute atomic E-state index is 0.00492. The van der Waals surface area contributed by atoms with Crippen LogP contribution in [0, 0.1) is 11.8 Å². The van der Waals surface area contributed by atoms with Crippen LogP contribution in [0.15, 0.2) is 0 Å². The lowest BCUT2D eigenvalue weighted by Crippen LogP contribution is -2.59. The molecule has 1 rings (SSSR count). The molecule has 0 aromatic carbocycles. The Kier molecular flexibility index (Phi) is 5.65. The van der Waals surface area contributed by atoms with Gasteiger partial charge >= 0.3 is 6.18 Å². The molecule has 1 fully saturated rings. The quantitative estimate of drug-likeness (QED) is 0.723. The van der Waals surface area contributed by atoms with Crippen molar-refractivity contribution in [2.75, 3.05) is 13.2 Å². The van der Waals surface area contributed by atoms with Crippen molar-refractivity contribution in [1.29, 1.82) is 0 Å². The van der Waals surface area contributed by atoms with E-state index in [-0.39, 0.29) is 38.0 Å². The number of hydrogen-bond donors (Lipinski definition) is 3. The van der Waals surface area contributed by atoms with E-state index in [1.54, 1.807) is 0 Å². The van der Waals surface area contributed by atoms with Crippen molar-refractivity contribution in [2.45, 2.75) is 57.3 Å². The van der Waals surface area contributed by atoms with E-state index < -0.39 is 17.6 Å². The average Bonchev–Trinajstić information content (AvgIpc) is 2.37. The van der Waals surface area contributed by atoms with Gasteiger partial charge in [-0.2, -0.15) is 13.2 Å². The molecule has 4 unspecified atom stereocenters. The first-order valence-corrected chi connectivity index (χ1v) is 6.89. The SMILES string of the molecule is CC(CO)C(C)NC1(CN)CCCC(C(F)(F)F)C1. The largest absolute Gasteiger partial charge is 0.396 e. The highest BCUT2D eigenvalue weighted by molar-refractivity contribution is 4.98. The third-order valence-electron chi connectivity index (χ3n) is 4.37. The summed E-state index contributed by atoms with van der Waals surface area (Å²) in [5, 5.41) is 12.4. The molecule has 19 heavy (non-hydrogen) atoms. The number of halogens is 3. The van der Waals surface area contributed by atoms with E-state index in [9.17, 15) is 13.2 Å². The van der Waals surface area contributed by atoms with Gasteiger partial charge in [-0.25, -0.2) is 0 Å². The third-order valence-corrected chi connectivity index (χ3v) is 4.37. The van der Waals surface area contributed by atoms with Crippen LogP contribution in [-0.2, 0) is 0 Å². The lowest BCUT2D eigenvalue weighted by molar-refractivity contribution is -0.188. The van der Waals surface area contributed by atoms with E-state index in [1.165, 1.54) is 0 Å². The van der Waals surface area contributed by atoms with Crippen molar-refractivity contribution >= 4 is 0 Å². The number of aliphatic hydroxyl groups is 1. The summed E-state index contributed by atoms with van der Waals surface area (Å²) in [7, 11) is 0. The summed E-state index contributed by atoms with van der Waals surface area (Å²) < 4.78 is 38.6. The zero-order valence-electron chi connectivity index (χ0n) is 11.6. The second kappa shape index (κ2) is 6.41. The lowest BCUT2D eigenvalue weighted by Gasteiger charge is -2.44. The zero-order chi connectivity index (χ0) is 14.7. The fourth-order valence-electron chi connectivity index (χ4n) is 2.80. The molecule has 0 saturated heterocycles. The molecular weight excluding hydrogens is 257 g/mol. The predicted molar refractivity (Wildman–Crippen MR) is 68.6 cm³/mol. The van der Waals surface area contributed by atoms with Gasteiger partial charge in [-0.3, -0.25) is 0 Å². The molecule has 1 aliphatic rings. The fraction of sp³-hybridized carbons (Fsp3) is 1.00. The maximum atomic E-state index is 12.9. The summed E-state index contributed by atoms with van der Waals surface area (Å²) in [6.07, 6.45) is -2.71. The van der Waals surface area contributed by atoms with Crippen LogP contribution in [-0.4, -0.2) is 36.0 Å². The summed E-state index contributed by atoms with van der Waals surface area (Å²) >= 11 is 0. The molecule has 0 aliphatic heterocycles. The van der Waals surface area contributed by atoms with Gasteiger partial charge in [0.2, 0.25) is 0 Å². The minimum atomic E-state index is -4.14. The Bertz CT molecular complexity index is 286. The highest BCUT2D eigenvalue weighted by atomic mass is 19.4. The highest BCUT2D eigenvalue weighted by Crippen LogP contribution is 2.41. The van der Waals surface area contributed by atoms with Crippen LogP contribution < -0.4 is 11.1 Å².